The number of hydrogen-bond donors (Lipinski definition) is 2. The van der Waals surface area contributed by atoms with Gasteiger partial charge in [0.2, 0.25) is 11.8 Å². The summed E-state index contributed by atoms with van der Waals surface area (Å²) in [6.45, 7) is 1.99. The Morgan fingerprint density at radius 2 is 1.88 bits per heavy atom. The normalized spacial score (nSPS) is 18.1. The monoisotopic (exact) mass is 534 g/mol. The second-order valence-corrected chi connectivity index (χ2v) is 10.7. The molecule has 2 fully saturated rings. The fraction of sp³-hybridized carbons (Fsp3) is 0.300. The molecule has 3 N–H and O–H groups in total. The van der Waals surface area contributed by atoms with Crippen LogP contribution in [0, 0.1) is 0 Å². The van der Waals surface area contributed by atoms with Gasteiger partial charge in [-0.1, -0.05) is 42.5 Å². The number of benzene rings is 2. The first-order chi connectivity index (χ1) is 19.5. The molecule has 2 amide bonds. The molecule has 2 aliphatic heterocycles. The van der Waals surface area contributed by atoms with Crippen LogP contribution in [0.15, 0.2) is 67.1 Å². The van der Waals surface area contributed by atoms with E-state index in [0.717, 1.165) is 46.1 Å². The highest BCUT2D eigenvalue weighted by Crippen LogP contribution is 2.37. The number of nitrogens with two attached hydrogens (primary N) is 1. The van der Waals surface area contributed by atoms with Crippen molar-refractivity contribution in [3.05, 3.63) is 78.4 Å². The number of carbonyl (C=O) groups is 2. The van der Waals surface area contributed by atoms with E-state index in [-0.39, 0.29) is 23.8 Å². The number of rotatable bonds is 5. The third-order valence-corrected chi connectivity index (χ3v) is 8.18. The molecule has 0 aliphatic carbocycles. The van der Waals surface area contributed by atoms with E-state index in [1.54, 1.807) is 0 Å². The van der Waals surface area contributed by atoms with Gasteiger partial charge in [-0.25, -0.2) is 9.50 Å². The van der Waals surface area contributed by atoms with Gasteiger partial charge in [-0.05, 0) is 42.5 Å². The number of amides is 2. The van der Waals surface area contributed by atoms with Gasteiger partial charge in [-0.3, -0.25) is 14.3 Å². The maximum Gasteiger partial charge on any atom is 0.245 e. The van der Waals surface area contributed by atoms with Crippen LogP contribution in [0.5, 0.6) is 0 Å². The Morgan fingerprint density at radius 1 is 1.05 bits per heavy atom. The highest BCUT2D eigenvalue weighted by molar-refractivity contribution is 5.93. The van der Waals surface area contributed by atoms with Crippen LogP contribution in [0.2, 0.25) is 0 Å². The fourth-order valence-electron chi connectivity index (χ4n) is 6.10. The maximum atomic E-state index is 12.9. The number of likely N-dealkylation sites (tertiary alicyclic amines) is 1. The van der Waals surface area contributed by atoms with Gasteiger partial charge in [0.1, 0.15) is 17.9 Å². The van der Waals surface area contributed by atoms with Crippen LogP contribution in [-0.2, 0) is 16.1 Å². The van der Waals surface area contributed by atoms with Crippen LogP contribution >= 0.6 is 0 Å². The highest BCUT2D eigenvalue weighted by atomic mass is 16.2. The van der Waals surface area contributed by atoms with Gasteiger partial charge in [0.25, 0.3) is 0 Å². The van der Waals surface area contributed by atoms with E-state index in [9.17, 15) is 9.59 Å². The molecule has 0 bridgehead atoms. The average molecular weight is 535 g/mol. The van der Waals surface area contributed by atoms with E-state index in [1.165, 1.54) is 11.9 Å². The van der Waals surface area contributed by atoms with Gasteiger partial charge >= 0.3 is 0 Å². The summed E-state index contributed by atoms with van der Waals surface area (Å²) in [5, 5.41) is 13.3. The van der Waals surface area contributed by atoms with Crippen LogP contribution < -0.4 is 11.1 Å². The molecular formula is C30H30N8O2. The summed E-state index contributed by atoms with van der Waals surface area (Å²) in [4.78, 5) is 30.7. The largest absolute Gasteiger partial charge is 0.382 e. The van der Waals surface area contributed by atoms with Gasteiger partial charge in [0.05, 0.1) is 12.1 Å². The molecule has 10 heteroatoms. The van der Waals surface area contributed by atoms with E-state index >= 15 is 0 Å². The molecule has 1 unspecified atom stereocenters. The lowest BCUT2D eigenvalue weighted by atomic mass is 9.92. The minimum Gasteiger partial charge on any atom is -0.382 e. The molecule has 2 saturated heterocycles. The van der Waals surface area contributed by atoms with Crippen molar-refractivity contribution in [2.24, 2.45) is 0 Å². The predicted octanol–water partition coefficient (Wildman–Crippen LogP) is 3.36. The minimum atomic E-state index is -0.386. The van der Waals surface area contributed by atoms with Crippen LogP contribution in [0.1, 0.15) is 42.9 Å². The first-order valence-corrected chi connectivity index (χ1v) is 13.8. The highest BCUT2D eigenvalue weighted by Gasteiger charge is 2.34. The number of nitrogens with zero attached hydrogens (tertiary/aromatic N) is 6. The molecule has 0 radical (unpaired) electrons. The summed E-state index contributed by atoms with van der Waals surface area (Å²) in [5.74, 6) is 0.623. The molecule has 40 heavy (non-hydrogen) atoms. The van der Waals surface area contributed by atoms with Crippen LogP contribution in [-0.4, -0.2) is 60.2 Å². The van der Waals surface area contributed by atoms with Gasteiger partial charge in [0, 0.05) is 48.3 Å². The quantitative estimate of drug-likeness (QED) is 0.356. The van der Waals surface area contributed by atoms with E-state index < -0.39 is 0 Å². The lowest BCUT2D eigenvalue weighted by Crippen LogP contribution is -2.47. The Labute approximate surface area is 230 Å². The SMILES string of the molecule is Nc1ncnn2c(C3CCN(C(=O)C4CCC(=O)N4)CC3)cc(-c3ccc4cn(Cc5ccccc5)nc4c3)c12. The van der Waals surface area contributed by atoms with Crippen molar-refractivity contribution in [2.75, 3.05) is 18.8 Å². The predicted molar refractivity (Wildman–Crippen MR) is 151 cm³/mol. The zero-order valence-corrected chi connectivity index (χ0v) is 22.0. The van der Waals surface area contributed by atoms with Crippen molar-refractivity contribution in [3.63, 3.8) is 0 Å². The smallest absolute Gasteiger partial charge is 0.245 e. The first kappa shape index (κ1) is 24.3. The molecule has 5 heterocycles. The molecule has 3 aromatic heterocycles. The van der Waals surface area contributed by atoms with E-state index in [0.29, 0.717) is 38.3 Å². The molecule has 1 atom stereocenters. The number of nitrogens with one attached hydrogen (secondary N) is 1. The maximum absolute atomic E-state index is 12.9. The number of anilines is 1. The summed E-state index contributed by atoms with van der Waals surface area (Å²) in [5.41, 5.74) is 12.3. The summed E-state index contributed by atoms with van der Waals surface area (Å²) >= 11 is 0. The number of piperidine rings is 1. The Kier molecular flexibility index (Phi) is 5.95. The molecular weight excluding hydrogens is 504 g/mol. The zero-order chi connectivity index (χ0) is 27.2. The Morgan fingerprint density at radius 3 is 2.65 bits per heavy atom. The van der Waals surface area contributed by atoms with Crippen LogP contribution in [0.3, 0.4) is 0 Å². The van der Waals surface area contributed by atoms with E-state index in [1.807, 2.05) is 32.3 Å². The number of nitrogen functional groups attached to an aromatic ring is 1. The van der Waals surface area contributed by atoms with Gasteiger partial charge in [0.15, 0.2) is 5.82 Å². The van der Waals surface area contributed by atoms with Gasteiger partial charge in [-0.15, -0.1) is 0 Å². The van der Waals surface area contributed by atoms with Crippen molar-refractivity contribution in [3.8, 4) is 11.1 Å². The van der Waals surface area contributed by atoms with Crippen molar-refractivity contribution < 1.29 is 9.59 Å². The summed E-state index contributed by atoms with van der Waals surface area (Å²) in [7, 11) is 0. The summed E-state index contributed by atoms with van der Waals surface area (Å²) < 4.78 is 3.88. The Balaban J connectivity index is 1.17. The lowest BCUT2D eigenvalue weighted by Gasteiger charge is -2.33. The lowest BCUT2D eigenvalue weighted by molar-refractivity contribution is -0.135. The molecule has 0 saturated carbocycles. The average Bonchev–Trinajstić information content (AvgIpc) is 3.70. The summed E-state index contributed by atoms with van der Waals surface area (Å²) in [6.07, 6.45) is 6.18. The van der Waals surface area contributed by atoms with E-state index in [2.05, 4.69) is 58.0 Å². The summed E-state index contributed by atoms with van der Waals surface area (Å²) in [6, 6.07) is 18.4. The number of carbonyl (C=O) groups excluding carboxylic acids is 2. The zero-order valence-electron chi connectivity index (χ0n) is 22.0. The second kappa shape index (κ2) is 9.78. The van der Waals surface area contributed by atoms with Crippen molar-refractivity contribution in [1.82, 2.24) is 34.6 Å². The number of aromatic nitrogens is 5. The second-order valence-electron chi connectivity index (χ2n) is 10.7. The van der Waals surface area contributed by atoms with Gasteiger partial charge in [-0.2, -0.15) is 10.2 Å². The molecule has 202 valence electrons. The standard InChI is InChI=1S/C30H30N8O2/c31-29-28-23(21-6-7-22-17-37(35-25(22)14-21)16-19-4-2-1-3-5-19)15-26(38(28)33-18-32-29)20-10-12-36(13-11-20)30(40)24-8-9-27(39)34-24/h1-7,14-15,17-18,20,24H,8-13,16H2,(H,34,39)(H2,31,32,33). The molecule has 0 spiro atoms. The van der Waals surface area contributed by atoms with Crippen molar-refractivity contribution in [1.29, 1.82) is 0 Å². The molecule has 7 rings (SSSR count). The topological polar surface area (TPSA) is 123 Å². The third-order valence-electron chi connectivity index (χ3n) is 8.18. The van der Waals surface area contributed by atoms with Gasteiger partial charge < -0.3 is 16.0 Å². The van der Waals surface area contributed by atoms with Crippen LogP contribution in [0.25, 0.3) is 27.5 Å². The van der Waals surface area contributed by atoms with Crippen molar-refractivity contribution >= 4 is 34.1 Å². The molecule has 2 aromatic carbocycles. The first-order valence-electron chi connectivity index (χ1n) is 13.8. The van der Waals surface area contributed by atoms with E-state index in [4.69, 9.17) is 10.8 Å². The molecule has 2 aliphatic rings. The number of fused-ring (bicyclic) bond motifs is 2. The Hall–Kier alpha value is -4.73. The minimum absolute atomic E-state index is 0.0246. The fourth-order valence-corrected chi connectivity index (χ4v) is 6.10. The number of hydrogen-bond acceptors (Lipinski definition) is 6. The molecule has 10 nitrogen and oxygen atoms in total. The third kappa shape index (κ3) is 4.35. The Bertz CT molecular complexity index is 1730. The van der Waals surface area contributed by atoms with Crippen molar-refractivity contribution in [2.45, 2.75) is 44.2 Å². The van der Waals surface area contributed by atoms with Crippen LogP contribution in [0.4, 0.5) is 5.82 Å². The molecule has 5 aromatic rings.